The Balaban J connectivity index is 1.15. The van der Waals surface area contributed by atoms with E-state index in [0.717, 1.165) is 16.7 Å². The van der Waals surface area contributed by atoms with Gasteiger partial charge in [0.05, 0.1) is 22.1 Å². The molecule has 2 aliphatic heterocycles. The van der Waals surface area contributed by atoms with E-state index in [1.165, 1.54) is 15.5 Å². The van der Waals surface area contributed by atoms with E-state index in [9.17, 15) is 19.2 Å². The Morgan fingerprint density at radius 1 is 1.08 bits per heavy atom. The van der Waals surface area contributed by atoms with Crippen LogP contribution in [0.15, 0.2) is 53.7 Å². The molecular weight excluding hydrogens is 462 g/mol. The van der Waals surface area contributed by atoms with Crippen LogP contribution in [-0.4, -0.2) is 36.8 Å². The molecule has 1 atom stereocenters. The van der Waals surface area contributed by atoms with Crippen molar-refractivity contribution in [3.05, 3.63) is 76.1 Å². The van der Waals surface area contributed by atoms with Crippen molar-refractivity contribution >= 4 is 45.9 Å². The minimum Gasteiger partial charge on any atom is -0.325 e. The van der Waals surface area contributed by atoms with Crippen molar-refractivity contribution in [3.63, 3.8) is 0 Å². The number of nitrogens with zero attached hydrogens (tertiary/aromatic N) is 4. The molecule has 7 rings (SSSR count). The molecular formula is C25H19N7O4. The molecule has 0 saturated carbocycles. The number of hydrogen-bond acceptors (Lipinski definition) is 6. The normalized spacial score (nSPS) is 19.2. The van der Waals surface area contributed by atoms with Crippen LogP contribution < -0.4 is 21.6 Å². The average Bonchev–Trinajstić information content (AvgIpc) is 3.46. The number of nitrogens with one attached hydrogen (secondary N) is 3. The van der Waals surface area contributed by atoms with Crippen molar-refractivity contribution in [2.45, 2.75) is 31.3 Å². The van der Waals surface area contributed by atoms with Crippen molar-refractivity contribution < 1.29 is 14.4 Å². The monoisotopic (exact) mass is 481 g/mol. The third-order valence-electron chi connectivity index (χ3n) is 7.28. The van der Waals surface area contributed by atoms with Crippen molar-refractivity contribution in [1.82, 2.24) is 19.1 Å². The number of aromatic nitrogens is 4. The summed E-state index contributed by atoms with van der Waals surface area (Å²) in [6.07, 6.45) is 4.12. The first-order valence-electron chi connectivity index (χ1n) is 11.5. The van der Waals surface area contributed by atoms with Crippen LogP contribution in [0, 0.1) is 0 Å². The van der Waals surface area contributed by atoms with Gasteiger partial charge in [0.25, 0.3) is 0 Å². The van der Waals surface area contributed by atoms with Crippen LogP contribution in [-0.2, 0) is 45.7 Å². The van der Waals surface area contributed by atoms with Crippen molar-refractivity contribution in [1.29, 1.82) is 0 Å². The Kier molecular flexibility index (Phi) is 4.06. The van der Waals surface area contributed by atoms with E-state index in [1.54, 1.807) is 30.5 Å². The lowest BCUT2D eigenvalue weighted by Crippen LogP contribution is -2.35. The molecule has 3 N–H and O–H groups in total. The highest BCUT2D eigenvalue weighted by molar-refractivity contribution is 6.06. The van der Waals surface area contributed by atoms with E-state index >= 15 is 0 Å². The van der Waals surface area contributed by atoms with Gasteiger partial charge in [-0.15, -0.1) is 0 Å². The van der Waals surface area contributed by atoms with Gasteiger partial charge in [0.15, 0.2) is 0 Å². The van der Waals surface area contributed by atoms with Gasteiger partial charge in [-0.25, -0.2) is 14.8 Å². The molecule has 0 saturated heterocycles. The van der Waals surface area contributed by atoms with Crippen molar-refractivity contribution in [2.75, 3.05) is 16.0 Å². The number of benzene rings is 2. The van der Waals surface area contributed by atoms with E-state index in [0.29, 0.717) is 41.1 Å². The molecule has 36 heavy (non-hydrogen) atoms. The number of carbonyl (C=O) groups excluding carboxylic acids is 3. The van der Waals surface area contributed by atoms with E-state index in [-0.39, 0.29) is 30.8 Å². The number of anilines is 3. The van der Waals surface area contributed by atoms with Gasteiger partial charge in [-0.3, -0.25) is 23.5 Å². The summed E-state index contributed by atoms with van der Waals surface area (Å²) >= 11 is 0. The summed E-state index contributed by atoms with van der Waals surface area (Å²) in [6.45, 7) is -0.288. The number of fused-ring (bicyclic) bond motifs is 3. The standard InChI is InChI=1S/C25H19N7O4/c33-19(10-31-18-3-1-2-17-21(18)32(24(31)36)11-20(34)29-17)28-15-5-4-13-7-25(8-14(13)6-15)16-9-26-12-27-22(16)30-23(25)35/h1-6,9,12H,7-8,10-11H2,(H,28,33)(H,29,34)(H,26,27,30,35). The summed E-state index contributed by atoms with van der Waals surface area (Å²) < 4.78 is 2.76. The number of hydrogen-bond donors (Lipinski definition) is 3. The first kappa shape index (κ1) is 20.6. The lowest BCUT2D eigenvalue weighted by molar-refractivity contribution is -0.120. The van der Waals surface area contributed by atoms with Gasteiger partial charge >= 0.3 is 5.69 Å². The molecule has 11 nitrogen and oxygen atoms in total. The molecule has 1 aliphatic carbocycles. The van der Waals surface area contributed by atoms with Gasteiger partial charge in [0.1, 0.15) is 25.2 Å². The SMILES string of the molecule is O=C(Cn1c(=O)n2c3c(cccc31)NC(=O)C2)Nc1ccc2c(c1)CC1(C2)C(=O)Nc2ncncc21. The highest BCUT2D eigenvalue weighted by atomic mass is 16.2. The molecule has 2 aromatic carbocycles. The maximum absolute atomic E-state index is 13.0. The lowest BCUT2D eigenvalue weighted by Gasteiger charge is -2.19. The summed E-state index contributed by atoms with van der Waals surface area (Å²) in [6, 6.07) is 10.8. The fourth-order valence-corrected chi connectivity index (χ4v) is 5.69. The molecule has 1 unspecified atom stereocenters. The second-order valence-corrected chi connectivity index (χ2v) is 9.38. The Morgan fingerprint density at radius 2 is 1.94 bits per heavy atom. The van der Waals surface area contributed by atoms with Gasteiger partial charge in [-0.05, 0) is 48.2 Å². The van der Waals surface area contributed by atoms with Gasteiger partial charge in [-0.2, -0.15) is 0 Å². The zero-order valence-corrected chi connectivity index (χ0v) is 18.9. The van der Waals surface area contributed by atoms with Crippen molar-refractivity contribution in [3.8, 4) is 0 Å². The predicted molar refractivity (Wildman–Crippen MR) is 130 cm³/mol. The molecule has 2 aromatic heterocycles. The van der Waals surface area contributed by atoms with Crippen LogP contribution in [0.1, 0.15) is 16.7 Å². The molecule has 0 radical (unpaired) electrons. The number of rotatable bonds is 3. The zero-order valence-electron chi connectivity index (χ0n) is 18.9. The fraction of sp³-hybridized carbons (Fsp3) is 0.200. The maximum Gasteiger partial charge on any atom is 0.330 e. The summed E-state index contributed by atoms with van der Waals surface area (Å²) in [5.74, 6) is -0.198. The summed E-state index contributed by atoms with van der Waals surface area (Å²) in [5.41, 5.74) is 3.95. The van der Waals surface area contributed by atoms with E-state index in [1.807, 2.05) is 12.1 Å². The summed E-state index contributed by atoms with van der Waals surface area (Å²) in [7, 11) is 0. The second-order valence-electron chi connectivity index (χ2n) is 9.38. The highest BCUT2D eigenvalue weighted by Crippen LogP contribution is 2.46. The molecule has 4 heterocycles. The molecule has 0 bridgehead atoms. The van der Waals surface area contributed by atoms with Gasteiger partial charge < -0.3 is 16.0 Å². The Morgan fingerprint density at radius 3 is 2.83 bits per heavy atom. The van der Waals surface area contributed by atoms with Crippen LogP contribution in [0.3, 0.4) is 0 Å². The predicted octanol–water partition coefficient (Wildman–Crippen LogP) is 1.17. The topological polar surface area (TPSA) is 140 Å². The van der Waals surface area contributed by atoms with Crippen LogP contribution in [0.5, 0.6) is 0 Å². The zero-order chi connectivity index (χ0) is 24.6. The second kappa shape index (κ2) is 7.11. The Bertz CT molecular complexity index is 1720. The molecule has 4 aromatic rings. The van der Waals surface area contributed by atoms with Crippen LogP contribution in [0.2, 0.25) is 0 Å². The molecule has 1 spiro atoms. The lowest BCUT2D eigenvalue weighted by atomic mass is 9.80. The van der Waals surface area contributed by atoms with Crippen LogP contribution in [0.25, 0.3) is 11.0 Å². The van der Waals surface area contributed by atoms with E-state index in [4.69, 9.17) is 0 Å². The number of carbonyl (C=O) groups is 3. The minimum absolute atomic E-state index is 0.0880. The first-order valence-corrected chi connectivity index (χ1v) is 11.5. The third kappa shape index (κ3) is 2.79. The molecule has 3 aliphatic rings. The maximum atomic E-state index is 13.0. The average molecular weight is 481 g/mol. The highest BCUT2D eigenvalue weighted by Gasteiger charge is 2.51. The smallest absolute Gasteiger partial charge is 0.325 e. The number of amides is 3. The molecule has 178 valence electrons. The van der Waals surface area contributed by atoms with Crippen molar-refractivity contribution in [2.24, 2.45) is 0 Å². The van der Waals surface area contributed by atoms with Crippen LogP contribution in [0.4, 0.5) is 17.2 Å². The Hall–Kier alpha value is -4.80. The van der Waals surface area contributed by atoms with E-state index < -0.39 is 11.1 Å². The Labute approximate surface area is 203 Å². The van der Waals surface area contributed by atoms with Gasteiger partial charge in [-0.1, -0.05) is 12.1 Å². The first-order chi connectivity index (χ1) is 17.4. The van der Waals surface area contributed by atoms with Gasteiger partial charge in [0.2, 0.25) is 17.7 Å². The van der Waals surface area contributed by atoms with E-state index in [2.05, 4.69) is 25.9 Å². The molecule has 3 amide bonds. The molecule has 0 fully saturated rings. The number of para-hydroxylation sites is 1. The quantitative estimate of drug-likeness (QED) is 0.401. The van der Waals surface area contributed by atoms with Gasteiger partial charge in [0, 0.05) is 17.4 Å². The minimum atomic E-state index is -0.744. The van der Waals surface area contributed by atoms with Crippen LogP contribution >= 0.6 is 0 Å². The summed E-state index contributed by atoms with van der Waals surface area (Å²) in [5, 5.41) is 8.49. The fourth-order valence-electron chi connectivity index (χ4n) is 5.69. The largest absolute Gasteiger partial charge is 0.330 e. The third-order valence-corrected chi connectivity index (χ3v) is 7.28. The summed E-state index contributed by atoms with van der Waals surface area (Å²) in [4.78, 5) is 59.1. The molecule has 11 heteroatoms. The number of imidazole rings is 1.